The lowest BCUT2D eigenvalue weighted by Gasteiger charge is -2.26. The predicted molar refractivity (Wildman–Crippen MR) is 112 cm³/mol. The molecular weight excluding hydrogens is 419 g/mol. The van der Waals surface area contributed by atoms with Gasteiger partial charge >= 0.3 is 8.25 Å². The molecule has 2 atom stereocenters. The van der Waals surface area contributed by atoms with E-state index in [1.807, 2.05) is 0 Å². The van der Waals surface area contributed by atoms with Crippen molar-refractivity contribution in [2.75, 3.05) is 25.4 Å². The third-order valence-corrected chi connectivity index (χ3v) is 5.39. The molecule has 0 bridgehead atoms. The second-order valence-corrected chi connectivity index (χ2v) is 9.21. The fourth-order valence-corrected chi connectivity index (χ4v) is 3.43. The van der Waals surface area contributed by atoms with Crippen LogP contribution in [0.4, 0.5) is 0 Å². The number of unbranched alkanes of at least 4 members (excludes halogenated alkanes) is 3. The molecule has 0 aliphatic carbocycles. The summed E-state index contributed by atoms with van der Waals surface area (Å²) in [5.74, 6) is -0.454. The highest BCUT2D eigenvalue weighted by molar-refractivity contribution is 8.13. The molecule has 1 unspecified atom stereocenters. The van der Waals surface area contributed by atoms with E-state index < -0.39 is 25.7 Å². The second kappa shape index (κ2) is 15.7. The maximum Gasteiger partial charge on any atom is 0.694 e. The lowest BCUT2D eigenvalue weighted by molar-refractivity contribution is -0.136. The minimum atomic E-state index is -2.81. The number of hydrogen-bond acceptors (Lipinski definition) is 7. The Morgan fingerprint density at radius 3 is 2.41 bits per heavy atom. The number of hydrogen-bond donors (Lipinski definition) is 4. The fraction of sp³-hybridized carbons (Fsp3) is 0.833. The predicted octanol–water partition coefficient (Wildman–Crippen LogP) is 1.89. The molecule has 0 aromatic carbocycles. The van der Waals surface area contributed by atoms with Gasteiger partial charge in [0.25, 0.3) is 0 Å². The van der Waals surface area contributed by atoms with Crippen molar-refractivity contribution in [2.45, 2.75) is 65.4 Å². The molecule has 0 fully saturated rings. The van der Waals surface area contributed by atoms with Gasteiger partial charge < -0.3 is 15.7 Å². The van der Waals surface area contributed by atoms with E-state index in [1.54, 1.807) is 0 Å². The van der Waals surface area contributed by atoms with Gasteiger partial charge in [-0.15, -0.1) is 9.42 Å². The molecule has 29 heavy (non-hydrogen) atoms. The molecule has 4 N–H and O–H groups in total. The minimum Gasteiger partial charge on any atom is -0.383 e. The standard InChI is InChI=1S/C18H33N2O7PS/c1-4-5-6-7-8-15(22)29-12-11-19-14(21)9-10-20-17(24)16(23)18(2,3)13-27-28(25)26/h16,23H,4-13H2,1-3H3,(H2-,19,20,21,24,25,26)/p+1/t16-/m0/s1. The molecule has 0 aromatic heterocycles. The number of nitrogens with one attached hydrogen (secondary N) is 2. The third kappa shape index (κ3) is 14.5. The monoisotopic (exact) mass is 453 g/mol. The van der Waals surface area contributed by atoms with Crippen LogP contribution in [0.25, 0.3) is 0 Å². The van der Waals surface area contributed by atoms with Crippen molar-refractivity contribution < 1.29 is 33.5 Å². The maximum absolute atomic E-state index is 12.0. The van der Waals surface area contributed by atoms with Crippen molar-refractivity contribution in [3.63, 3.8) is 0 Å². The smallest absolute Gasteiger partial charge is 0.383 e. The largest absolute Gasteiger partial charge is 0.694 e. The molecular formula is C18H34N2O7PS+. The number of aliphatic hydroxyl groups is 1. The fourth-order valence-electron chi connectivity index (χ4n) is 2.26. The number of rotatable bonds is 16. The molecule has 0 rings (SSSR count). The topological polar surface area (TPSA) is 142 Å². The highest BCUT2D eigenvalue weighted by Gasteiger charge is 2.36. The van der Waals surface area contributed by atoms with Gasteiger partial charge in [0, 0.05) is 41.7 Å². The zero-order chi connectivity index (χ0) is 22.3. The Labute approximate surface area is 177 Å². The van der Waals surface area contributed by atoms with Crippen molar-refractivity contribution >= 4 is 36.9 Å². The zero-order valence-electron chi connectivity index (χ0n) is 17.4. The molecule has 168 valence electrons. The average molecular weight is 454 g/mol. The van der Waals surface area contributed by atoms with Crippen LogP contribution in [-0.4, -0.2) is 58.5 Å². The van der Waals surface area contributed by atoms with E-state index >= 15 is 0 Å². The molecule has 11 heteroatoms. The van der Waals surface area contributed by atoms with Gasteiger partial charge in [-0.2, -0.15) is 0 Å². The number of thioether (sulfide) groups is 1. The zero-order valence-corrected chi connectivity index (χ0v) is 19.2. The Bertz CT molecular complexity index is 546. The summed E-state index contributed by atoms with van der Waals surface area (Å²) in [5.41, 5.74) is -1.07. The Morgan fingerprint density at radius 1 is 1.10 bits per heavy atom. The molecule has 0 aliphatic heterocycles. The van der Waals surface area contributed by atoms with Gasteiger partial charge in [-0.25, -0.2) is 0 Å². The first-order chi connectivity index (χ1) is 13.6. The van der Waals surface area contributed by atoms with Gasteiger partial charge in [0.05, 0.1) is 0 Å². The Kier molecular flexibility index (Phi) is 15.2. The van der Waals surface area contributed by atoms with E-state index in [1.165, 1.54) is 25.6 Å². The lowest BCUT2D eigenvalue weighted by atomic mass is 9.87. The van der Waals surface area contributed by atoms with Crippen LogP contribution in [0.1, 0.15) is 59.3 Å². The molecule has 2 amide bonds. The first-order valence-corrected chi connectivity index (χ1v) is 11.9. The first kappa shape index (κ1) is 27.9. The summed E-state index contributed by atoms with van der Waals surface area (Å²) in [6.07, 6.45) is 3.36. The minimum absolute atomic E-state index is 0.0352. The van der Waals surface area contributed by atoms with Crippen LogP contribution in [-0.2, 0) is 23.5 Å². The lowest BCUT2D eigenvalue weighted by Crippen LogP contribution is -2.46. The average Bonchev–Trinajstić information content (AvgIpc) is 2.66. The summed E-state index contributed by atoms with van der Waals surface area (Å²) >= 11 is 1.21. The van der Waals surface area contributed by atoms with E-state index in [0.717, 1.165) is 25.7 Å². The van der Waals surface area contributed by atoms with Crippen LogP contribution < -0.4 is 10.6 Å². The molecule has 0 spiro atoms. The molecule has 0 aliphatic rings. The molecule has 0 saturated carbocycles. The van der Waals surface area contributed by atoms with Gasteiger partial charge in [0.2, 0.25) is 11.8 Å². The summed E-state index contributed by atoms with van der Waals surface area (Å²) in [6, 6.07) is 0. The number of aliphatic hydroxyl groups excluding tert-OH is 1. The van der Waals surface area contributed by atoms with Crippen molar-refractivity contribution in [3.05, 3.63) is 0 Å². The quantitative estimate of drug-likeness (QED) is 0.205. The summed E-state index contributed by atoms with van der Waals surface area (Å²) in [5, 5.41) is 15.3. The third-order valence-electron chi connectivity index (χ3n) is 4.11. The summed E-state index contributed by atoms with van der Waals surface area (Å²) in [6.45, 7) is 5.28. The highest BCUT2D eigenvalue weighted by Crippen LogP contribution is 2.26. The highest BCUT2D eigenvalue weighted by atomic mass is 32.2. The van der Waals surface area contributed by atoms with Crippen molar-refractivity contribution in [2.24, 2.45) is 5.41 Å². The van der Waals surface area contributed by atoms with Gasteiger partial charge in [-0.3, -0.25) is 14.4 Å². The van der Waals surface area contributed by atoms with Crippen molar-refractivity contribution in [1.82, 2.24) is 10.6 Å². The van der Waals surface area contributed by atoms with E-state index in [-0.39, 0.29) is 30.6 Å². The van der Waals surface area contributed by atoms with Gasteiger partial charge in [0.1, 0.15) is 12.7 Å². The Morgan fingerprint density at radius 2 is 1.79 bits per heavy atom. The van der Waals surface area contributed by atoms with Crippen LogP contribution in [0, 0.1) is 5.41 Å². The molecule has 0 aromatic rings. The molecule has 9 nitrogen and oxygen atoms in total. The SMILES string of the molecule is CCCCCCC(=O)SCCNC(=O)CCNC(=O)[C@H](O)C(C)(C)CO[P+](=O)O. The number of carbonyl (C=O) groups excluding carboxylic acids is 3. The first-order valence-electron chi connectivity index (χ1n) is 9.77. The molecule has 0 saturated heterocycles. The van der Waals surface area contributed by atoms with Gasteiger partial charge in [-0.05, 0) is 6.42 Å². The number of carbonyl (C=O) groups is 3. The van der Waals surface area contributed by atoms with E-state index in [2.05, 4.69) is 22.1 Å². The van der Waals surface area contributed by atoms with E-state index in [4.69, 9.17) is 4.89 Å². The van der Waals surface area contributed by atoms with Crippen molar-refractivity contribution in [3.8, 4) is 0 Å². The van der Waals surface area contributed by atoms with Crippen LogP contribution in [0.5, 0.6) is 0 Å². The summed E-state index contributed by atoms with van der Waals surface area (Å²) in [4.78, 5) is 44.0. The maximum atomic E-state index is 12.0. The van der Waals surface area contributed by atoms with Crippen LogP contribution in [0.15, 0.2) is 0 Å². The normalized spacial score (nSPS) is 12.9. The van der Waals surface area contributed by atoms with Gasteiger partial charge in [0.15, 0.2) is 5.12 Å². The molecule has 0 heterocycles. The van der Waals surface area contributed by atoms with Gasteiger partial charge in [-0.1, -0.05) is 51.8 Å². The molecule has 0 radical (unpaired) electrons. The van der Waals surface area contributed by atoms with E-state index in [9.17, 15) is 24.1 Å². The second-order valence-electron chi connectivity index (χ2n) is 7.32. The Hall–Kier alpha value is -1.06. The van der Waals surface area contributed by atoms with Crippen LogP contribution >= 0.6 is 20.0 Å². The summed E-state index contributed by atoms with van der Waals surface area (Å²) in [7, 11) is -2.81. The van der Waals surface area contributed by atoms with Crippen molar-refractivity contribution in [1.29, 1.82) is 0 Å². The van der Waals surface area contributed by atoms with Crippen LogP contribution in [0.2, 0.25) is 0 Å². The van der Waals surface area contributed by atoms with E-state index in [0.29, 0.717) is 18.7 Å². The Balaban J connectivity index is 3.91. The van der Waals surface area contributed by atoms with Crippen LogP contribution in [0.3, 0.4) is 0 Å². The summed E-state index contributed by atoms with van der Waals surface area (Å²) < 4.78 is 15.1. The number of amides is 2.